The van der Waals surface area contributed by atoms with Gasteiger partial charge in [0.15, 0.2) is 11.5 Å². The van der Waals surface area contributed by atoms with Gasteiger partial charge in [0.05, 0.1) is 43.8 Å². The van der Waals surface area contributed by atoms with Crippen molar-refractivity contribution in [1.29, 1.82) is 5.26 Å². The average molecular weight is 563 g/mol. The summed E-state index contributed by atoms with van der Waals surface area (Å²) in [5, 5.41) is 9.97. The fraction of sp³-hybridized carbons (Fsp3) is 0.276. The van der Waals surface area contributed by atoms with Crippen LogP contribution in [-0.2, 0) is 20.7 Å². The molecule has 11 heteroatoms. The quantitative estimate of drug-likeness (QED) is 0.248. The molecule has 4 rings (SSSR count). The normalized spacial score (nSPS) is 11.7. The molecule has 0 spiro atoms. The Kier molecular flexibility index (Phi) is 8.99. The minimum Gasteiger partial charge on any atom is -0.495 e. The summed E-state index contributed by atoms with van der Waals surface area (Å²) in [5.74, 6) is -0.464. The lowest BCUT2D eigenvalue weighted by molar-refractivity contribution is -0.122. The third kappa shape index (κ3) is 5.91. The van der Waals surface area contributed by atoms with Crippen molar-refractivity contribution in [2.24, 2.45) is 0 Å². The number of carbonyl (C=O) groups excluding carboxylic acids is 2. The number of aromatic nitrogens is 3. The molecule has 0 N–H and O–H groups in total. The standard InChI is InChI=1S/C29H27ClN4O6/c1-4-40-29(37)24-15-32-27-8-5-18(16-33(24)27)11-25(35)23(9-10-38-2)34-17-26(39-3)22(13-28(34)36)21-12-20(30)7-6-19(21)14-31/h5-8,12-13,15-17,23H,4,9-11H2,1-3H3. The molecule has 0 saturated heterocycles. The first-order chi connectivity index (χ1) is 19.3. The summed E-state index contributed by atoms with van der Waals surface area (Å²) in [7, 11) is 2.96. The smallest absolute Gasteiger partial charge is 0.356 e. The van der Waals surface area contributed by atoms with Crippen molar-refractivity contribution in [1.82, 2.24) is 14.0 Å². The first kappa shape index (κ1) is 28.5. The van der Waals surface area contributed by atoms with E-state index in [0.29, 0.717) is 38.7 Å². The number of hydrogen-bond donors (Lipinski definition) is 0. The maximum Gasteiger partial charge on any atom is 0.356 e. The second kappa shape index (κ2) is 12.6. The van der Waals surface area contributed by atoms with Crippen LogP contribution in [0.15, 0.2) is 59.8 Å². The van der Waals surface area contributed by atoms with Crippen LogP contribution in [0.25, 0.3) is 16.8 Å². The van der Waals surface area contributed by atoms with Crippen molar-refractivity contribution in [3.05, 3.63) is 87.2 Å². The van der Waals surface area contributed by atoms with E-state index in [-0.39, 0.29) is 37.5 Å². The molecule has 0 saturated carbocycles. The van der Waals surface area contributed by atoms with Crippen LogP contribution in [0.3, 0.4) is 0 Å². The van der Waals surface area contributed by atoms with E-state index >= 15 is 0 Å². The van der Waals surface area contributed by atoms with Gasteiger partial charge in [-0.2, -0.15) is 5.26 Å². The number of methoxy groups -OCH3 is 2. The number of imidazole rings is 1. The van der Waals surface area contributed by atoms with Crippen LogP contribution in [0.5, 0.6) is 5.75 Å². The maximum atomic E-state index is 13.6. The largest absolute Gasteiger partial charge is 0.495 e. The monoisotopic (exact) mass is 562 g/mol. The zero-order chi connectivity index (χ0) is 28.8. The van der Waals surface area contributed by atoms with E-state index in [1.165, 1.54) is 37.2 Å². The summed E-state index contributed by atoms with van der Waals surface area (Å²) in [4.78, 5) is 43.5. The molecule has 0 fully saturated rings. The van der Waals surface area contributed by atoms with Crippen molar-refractivity contribution in [3.63, 3.8) is 0 Å². The van der Waals surface area contributed by atoms with E-state index < -0.39 is 17.6 Å². The van der Waals surface area contributed by atoms with Crippen molar-refractivity contribution < 1.29 is 23.8 Å². The van der Waals surface area contributed by atoms with E-state index in [1.807, 2.05) is 0 Å². The summed E-state index contributed by atoms with van der Waals surface area (Å²) < 4.78 is 18.8. The number of Topliss-reactive ketones (excluding diaryl/α,β-unsaturated/α-hetero) is 1. The van der Waals surface area contributed by atoms with Crippen LogP contribution in [0.4, 0.5) is 0 Å². The third-order valence-electron chi connectivity index (χ3n) is 6.39. The number of pyridine rings is 2. The van der Waals surface area contributed by atoms with Gasteiger partial charge in [-0.25, -0.2) is 9.78 Å². The Bertz CT molecular complexity index is 1670. The minimum atomic E-state index is -0.867. The highest BCUT2D eigenvalue weighted by Crippen LogP contribution is 2.33. The first-order valence-electron chi connectivity index (χ1n) is 12.5. The Morgan fingerprint density at radius 1 is 1.12 bits per heavy atom. The van der Waals surface area contributed by atoms with Crippen LogP contribution >= 0.6 is 11.6 Å². The molecule has 4 aromatic rings. The van der Waals surface area contributed by atoms with E-state index in [0.717, 1.165) is 0 Å². The number of ketones is 1. The number of nitriles is 1. The third-order valence-corrected chi connectivity index (χ3v) is 6.62. The number of esters is 1. The van der Waals surface area contributed by atoms with Crippen molar-refractivity contribution in [2.45, 2.75) is 25.8 Å². The molecule has 0 aliphatic carbocycles. The summed E-state index contributed by atoms with van der Waals surface area (Å²) in [6.45, 7) is 2.16. The molecule has 1 aromatic carbocycles. The van der Waals surface area contributed by atoms with Crippen LogP contribution in [0, 0.1) is 11.3 Å². The van der Waals surface area contributed by atoms with E-state index in [1.54, 1.807) is 47.9 Å². The number of rotatable bonds is 11. The number of ether oxygens (including phenoxy) is 3. The molecule has 40 heavy (non-hydrogen) atoms. The van der Waals surface area contributed by atoms with Crippen molar-refractivity contribution in [3.8, 4) is 22.9 Å². The highest BCUT2D eigenvalue weighted by molar-refractivity contribution is 6.31. The Morgan fingerprint density at radius 2 is 1.93 bits per heavy atom. The SMILES string of the molecule is CCOC(=O)c1cnc2ccc(CC(=O)C(CCOC)n3cc(OC)c(-c4cc(Cl)ccc4C#N)cc3=O)cn12. The summed E-state index contributed by atoms with van der Waals surface area (Å²) in [6.07, 6.45) is 4.77. The molecule has 0 amide bonds. The molecule has 3 heterocycles. The number of hydrogen-bond acceptors (Lipinski definition) is 8. The number of nitrogens with zero attached hydrogens (tertiary/aromatic N) is 4. The Hall–Kier alpha value is -4.46. The number of carbonyl (C=O) groups is 2. The van der Waals surface area contributed by atoms with Gasteiger partial charge in [-0.1, -0.05) is 17.7 Å². The predicted octanol–water partition coefficient (Wildman–Crippen LogP) is 4.26. The highest BCUT2D eigenvalue weighted by atomic mass is 35.5. The molecule has 1 unspecified atom stereocenters. The summed E-state index contributed by atoms with van der Waals surface area (Å²) in [6, 6.07) is 10.8. The molecule has 0 aliphatic heterocycles. The lowest BCUT2D eigenvalue weighted by Gasteiger charge is -2.21. The van der Waals surface area contributed by atoms with Gasteiger partial charge in [-0.05, 0) is 43.2 Å². The molecule has 10 nitrogen and oxygen atoms in total. The van der Waals surface area contributed by atoms with Gasteiger partial charge in [-0.15, -0.1) is 0 Å². The summed E-state index contributed by atoms with van der Waals surface area (Å²) in [5.41, 5.74) is 2.10. The Balaban J connectivity index is 1.72. The minimum absolute atomic E-state index is 0.0197. The first-order valence-corrected chi connectivity index (χ1v) is 12.8. The molecule has 0 radical (unpaired) electrons. The highest BCUT2D eigenvalue weighted by Gasteiger charge is 2.24. The molecular formula is C29H27ClN4O6. The molecule has 1 atom stereocenters. The van der Waals surface area contributed by atoms with Gasteiger partial charge in [0.25, 0.3) is 5.56 Å². The fourth-order valence-electron chi connectivity index (χ4n) is 4.47. The maximum absolute atomic E-state index is 13.6. The second-order valence-corrected chi connectivity index (χ2v) is 9.31. The van der Waals surface area contributed by atoms with Crippen LogP contribution in [0.1, 0.15) is 41.0 Å². The Morgan fingerprint density at radius 3 is 2.62 bits per heavy atom. The number of fused-ring (bicyclic) bond motifs is 1. The fourth-order valence-corrected chi connectivity index (χ4v) is 4.64. The van der Waals surface area contributed by atoms with Gasteiger partial charge in [-0.3, -0.25) is 14.0 Å². The molecular weight excluding hydrogens is 536 g/mol. The van der Waals surface area contributed by atoms with Crippen molar-refractivity contribution in [2.75, 3.05) is 27.4 Å². The zero-order valence-electron chi connectivity index (χ0n) is 22.2. The zero-order valence-corrected chi connectivity index (χ0v) is 23.0. The number of halogens is 1. The lowest BCUT2D eigenvalue weighted by atomic mass is 9.99. The van der Waals surface area contributed by atoms with E-state index in [2.05, 4.69) is 11.1 Å². The Labute approximate surface area is 235 Å². The van der Waals surface area contributed by atoms with Gasteiger partial charge < -0.3 is 18.8 Å². The van der Waals surface area contributed by atoms with Crippen LogP contribution in [-0.4, -0.2) is 53.1 Å². The van der Waals surface area contributed by atoms with Gasteiger partial charge in [0, 0.05) is 48.6 Å². The molecule has 0 bridgehead atoms. The number of benzene rings is 1. The van der Waals surface area contributed by atoms with Crippen molar-refractivity contribution >= 4 is 29.0 Å². The van der Waals surface area contributed by atoms with Gasteiger partial charge >= 0.3 is 5.97 Å². The average Bonchev–Trinajstić information content (AvgIpc) is 3.37. The second-order valence-electron chi connectivity index (χ2n) is 8.87. The van der Waals surface area contributed by atoms with Gasteiger partial charge in [0.2, 0.25) is 0 Å². The topological polar surface area (TPSA) is 125 Å². The summed E-state index contributed by atoms with van der Waals surface area (Å²) >= 11 is 6.16. The predicted molar refractivity (Wildman–Crippen MR) is 148 cm³/mol. The van der Waals surface area contributed by atoms with Crippen LogP contribution < -0.4 is 10.3 Å². The lowest BCUT2D eigenvalue weighted by Crippen LogP contribution is -2.31. The van der Waals surface area contributed by atoms with E-state index in [9.17, 15) is 19.6 Å². The molecule has 206 valence electrons. The van der Waals surface area contributed by atoms with Crippen LogP contribution in [0.2, 0.25) is 5.02 Å². The molecule has 3 aromatic heterocycles. The van der Waals surface area contributed by atoms with Gasteiger partial charge in [0.1, 0.15) is 11.4 Å². The molecule has 0 aliphatic rings. The van der Waals surface area contributed by atoms with E-state index in [4.69, 9.17) is 25.8 Å².